The summed E-state index contributed by atoms with van der Waals surface area (Å²) in [6, 6.07) is 0.303. The van der Waals surface area contributed by atoms with E-state index in [9.17, 15) is 0 Å². The lowest BCUT2D eigenvalue weighted by atomic mass is 10.0. The first-order valence-corrected chi connectivity index (χ1v) is 8.17. The zero-order chi connectivity index (χ0) is 15.5. The SMILES string of the molecule is CCCn1cc(C(CN)N2CCN(C(C)(C)C)CC2)cn1. The second-order valence-corrected chi connectivity index (χ2v) is 6.98. The maximum atomic E-state index is 6.05. The van der Waals surface area contributed by atoms with E-state index in [-0.39, 0.29) is 5.54 Å². The number of nitrogens with zero attached hydrogens (tertiary/aromatic N) is 4. The van der Waals surface area contributed by atoms with Crippen LogP contribution in [-0.2, 0) is 6.54 Å². The molecule has 5 nitrogen and oxygen atoms in total. The van der Waals surface area contributed by atoms with Gasteiger partial charge < -0.3 is 5.73 Å². The molecule has 0 aliphatic carbocycles. The van der Waals surface area contributed by atoms with Crippen LogP contribution in [0.4, 0.5) is 0 Å². The van der Waals surface area contributed by atoms with Crippen LogP contribution in [0.3, 0.4) is 0 Å². The molecule has 0 amide bonds. The van der Waals surface area contributed by atoms with E-state index in [2.05, 4.69) is 48.8 Å². The van der Waals surface area contributed by atoms with Crippen LogP contribution in [-0.4, -0.2) is 57.8 Å². The molecular weight excluding hydrogens is 262 g/mol. The Hall–Kier alpha value is -0.910. The molecule has 2 N–H and O–H groups in total. The van der Waals surface area contributed by atoms with Crippen LogP contribution in [0.2, 0.25) is 0 Å². The highest BCUT2D eigenvalue weighted by Crippen LogP contribution is 2.23. The summed E-state index contributed by atoms with van der Waals surface area (Å²) in [6.45, 7) is 15.1. The minimum atomic E-state index is 0.260. The Morgan fingerprint density at radius 1 is 1.24 bits per heavy atom. The van der Waals surface area contributed by atoms with Gasteiger partial charge in [-0.3, -0.25) is 14.5 Å². The van der Waals surface area contributed by atoms with Crippen LogP contribution < -0.4 is 5.73 Å². The molecule has 0 saturated carbocycles. The average molecular weight is 293 g/mol. The van der Waals surface area contributed by atoms with Gasteiger partial charge in [-0.25, -0.2) is 0 Å². The molecule has 1 aromatic heterocycles. The zero-order valence-electron chi connectivity index (χ0n) is 14.0. The third kappa shape index (κ3) is 4.05. The lowest BCUT2D eigenvalue weighted by Gasteiger charge is -2.44. The predicted molar refractivity (Wildman–Crippen MR) is 87.2 cm³/mol. The molecule has 5 heteroatoms. The number of aryl methyl sites for hydroxylation is 1. The van der Waals surface area contributed by atoms with Crippen LogP contribution in [0.25, 0.3) is 0 Å². The topological polar surface area (TPSA) is 50.3 Å². The van der Waals surface area contributed by atoms with Crippen LogP contribution in [0.15, 0.2) is 12.4 Å². The molecule has 0 radical (unpaired) electrons. The number of piperazine rings is 1. The lowest BCUT2D eigenvalue weighted by molar-refractivity contribution is 0.0433. The monoisotopic (exact) mass is 293 g/mol. The summed E-state index contributed by atoms with van der Waals surface area (Å²) in [5.41, 5.74) is 7.57. The second kappa shape index (κ2) is 6.90. The summed E-state index contributed by atoms with van der Waals surface area (Å²) < 4.78 is 2.03. The molecular formula is C16H31N5. The zero-order valence-corrected chi connectivity index (χ0v) is 14.0. The fourth-order valence-electron chi connectivity index (χ4n) is 3.10. The van der Waals surface area contributed by atoms with Crippen molar-refractivity contribution in [2.24, 2.45) is 5.73 Å². The van der Waals surface area contributed by atoms with Gasteiger partial charge in [-0.15, -0.1) is 0 Å². The molecule has 1 aliphatic heterocycles. The van der Waals surface area contributed by atoms with Crippen molar-refractivity contribution in [2.45, 2.75) is 52.2 Å². The summed E-state index contributed by atoms with van der Waals surface area (Å²) >= 11 is 0. The van der Waals surface area contributed by atoms with Crippen molar-refractivity contribution in [1.29, 1.82) is 0 Å². The first kappa shape index (κ1) is 16.5. The Morgan fingerprint density at radius 2 is 1.90 bits per heavy atom. The van der Waals surface area contributed by atoms with Gasteiger partial charge in [0, 0.05) is 56.6 Å². The minimum absolute atomic E-state index is 0.260. The van der Waals surface area contributed by atoms with Crippen molar-refractivity contribution in [1.82, 2.24) is 19.6 Å². The molecule has 0 aromatic carbocycles. The maximum absolute atomic E-state index is 6.05. The fourth-order valence-corrected chi connectivity index (χ4v) is 3.10. The van der Waals surface area contributed by atoms with Crippen molar-refractivity contribution in [3.63, 3.8) is 0 Å². The third-order valence-corrected chi connectivity index (χ3v) is 4.42. The molecule has 2 heterocycles. The van der Waals surface area contributed by atoms with Gasteiger partial charge >= 0.3 is 0 Å². The van der Waals surface area contributed by atoms with Gasteiger partial charge in [-0.05, 0) is 27.2 Å². The van der Waals surface area contributed by atoms with Gasteiger partial charge in [-0.1, -0.05) is 6.92 Å². The van der Waals surface area contributed by atoms with E-state index in [1.54, 1.807) is 0 Å². The standard InChI is InChI=1S/C16H31N5/c1-5-6-21-13-14(12-18-21)15(11-17)19-7-9-20(10-8-19)16(2,3)4/h12-13,15H,5-11,17H2,1-4H3. The van der Waals surface area contributed by atoms with Crippen molar-refractivity contribution in [3.05, 3.63) is 18.0 Å². The normalized spacial score (nSPS) is 19.9. The molecule has 1 aromatic rings. The summed E-state index contributed by atoms with van der Waals surface area (Å²) in [6.07, 6.45) is 5.26. The van der Waals surface area contributed by atoms with Gasteiger partial charge in [0.15, 0.2) is 0 Å². The number of nitrogens with two attached hydrogens (primary N) is 1. The minimum Gasteiger partial charge on any atom is -0.329 e. The molecule has 0 spiro atoms. The van der Waals surface area contributed by atoms with E-state index in [4.69, 9.17) is 5.73 Å². The van der Waals surface area contributed by atoms with Crippen LogP contribution in [0, 0.1) is 0 Å². The summed E-state index contributed by atoms with van der Waals surface area (Å²) in [7, 11) is 0. The molecule has 1 atom stereocenters. The first-order valence-electron chi connectivity index (χ1n) is 8.17. The molecule has 21 heavy (non-hydrogen) atoms. The van der Waals surface area contributed by atoms with Crippen LogP contribution in [0.5, 0.6) is 0 Å². The Bertz CT molecular complexity index is 426. The smallest absolute Gasteiger partial charge is 0.0538 e. The summed E-state index contributed by atoms with van der Waals surface area (Å²) in [4.78, 5) is 5.06. The van der Waals surface area contributed by atoms with E-state index < -0.39 is 0 Å². The van der Waals surface area contributed by atoms with Gasteiger partial charge in [0.05, 0.1) is 12.2 Å². The van der Waals surface area contributed by atoms with Gasteiger partial charge in [0.25, 0.3) is 0 Å². The van der Waals surface area contributed by atoms with Gasteiger partial charge in [-0.2, -0.15) is 5.10 Å². The predicted octanol–water partition coefficient (Wildman–Crippen LogP) is 1.71. The van der Waals surface area contributed by atoms with Crippen molar-refractivity contribution >= 4 is 0 Å². The van der Waals surface area contributed by atoms with Crippen LogP contribution >= 0.6 is 0 Å². The first-order chi connectivity index (χ1) is 9.95. The molecule has 2 rings (SSSR count). The van der Waals surface area contributed by atoms with Crippen molar-refractivity contribution in [3.8, 4) is 0 Å². The molecule has 1 saturated heterocycles. The molecule has 1 aliphatic rings. The highest BCUT2D eigenvalue weighted by Gasteiger charge is 2.29. The number of rotatable bonds is 5. The Kier molecular flexibility index (Phi) is 5.41. The van der Waals surface area contributed by atoms with E-state index in [1.807, 2.05) is 10.9 Å². The van der Waals surface area contributed by atoms with E-state index >= 15 is 0 Å². The van der Waals surface area contributed by atoms with Crippen LogP contribution in [0.1, 0.15) is 45.7 Å². The number of hydrogen-bond donors (Lipinski definition) is 1. The lowest BCUT2D eigenvalue weighted by Crippen LogP contribution is -2.54. The van der Waals surface area contributed by atoms with E-state index in [1.165, 1.54) is 5.56 Å². The van der Waals surface area contributed by atoms with Crippen molar-refractivity contribution < 1.29 is 0 Å². The van der Waals surface area contributed by atoms with Gasteiger partial charge in [0.2, 0.25) is 0 Å². The number of aromatic nitrogens is 2. The quantitative estimate of drug-likeness (QED) is 0.898. The summed E-state index contributed by atoms with van der Waals surface area (Å²) in [5, 5.41) is 4.45. The molecule has 0 bridgehead atoms. The van der Waals surface area contributed by atoms with E-state index in [0.29, 0.717) is 12.6 Å². The maximum Gasteiger partial charge on any atom is 0.0538 e. The third-order valence-electron chi connectivity index (χ3n) is 4.42. The van der Waals surface area contributed by atoms with E-state index in [0.717, 1.165) is 39.1 Å². The van der Waals surface area contributed by atoms with Gasteiger partial charge in [0.1, 0.15) is 0 Å². The summed E-state index contributed by atoms with van der Waals surface area (Å²) in [5.74, 6) is 0. The highest BCUT2D eigenvalue weighted by molar-refractivity contribution is 5.12. The number of hydrogen-bond acceptors (Lipinski definition) is 4. The average Bonchev–Trinajstić information content (AvgIpc) is 2.88. The fraction of sp³-hybridized carbons (Fsp3) is 0.812. The Labute approximate surface area is 129 Å². The molecule has 1 fully saturated rings. The van der Waals surface area contributed by atoms with Crippen molar-refractivity contribution in [2.75, 3.05) is 32.7 Å². The molecule has 120 valence electrons. The largest absolute Gasteiger partial charge is 0.329 e. The highest BCUT2D eigenvalue weighted by atomic mass is 15.3. The Morgan fingerprint density at radius 3 is 2.43 bits per heavy atom. The second-order valence-electron chi connectivity index (χ2n) is 6.98. The Balaban J connectivity index is 1.99. The molecule has 1 unspecified atom stereocenters.